The van der Waals surface area contributed by atoms with Crippen LogP contribution in [-0.2, 0) is 20.8 Å². The van der Waals surface area contributed by atoms with Crippen molar-refractivity contribution < 1.29 is 19.5 Å². The van der Waals surface area contributed by atoms with Gasteiger partial charge in [-0.05, 0) is 18.1 Å². The summed E-state index contributed by atoms with van der Waals surface area (Å²) in [6.07, 6.45) is 1.88. The van der Waals surface area contributed by atoms with Crippen molar-refractivity contribution >= 4 is 80.1 Å². The van der Waals surface area contributed by atoms with Gasteiger partial charge in [0.15, 0.2) is 0 Å². The topological polar surface area (TPSA) is 151 Å². The number of carbonyl (C=O) groups excluding carboxylic acids is 2. The zero-order chi connectivity index (χ0) is 17.7. The Labute approximate surface area is 187 Å². The molecule has 2 rings (SSSR count). The summed E-state index contributed by atoms with van der Waals surface area (Å²) in [4.78, 5) is 37.2. The first-order chi connectivity index (χ1) is 11.4. The molecule has 1 aromatic heterocycles. The first-order valence-electron chi connectivity index (χ1n) is 7.50. The average Bonchev–Trinajstić information content (AvgIpc) is 2.95. The number of aromatic nitrogens is 1. The molecule has 1 radical (unpaired) electrons. The van der Waals surface area contributed by atoms with Crippen molar-refractivity contribution in [1.82, 2.24) is 10.3 Å². The molecule has 0 aliphatic carbocycles. The van der Waals surface area contributed by atoms with E-state index < -0.39 is 29.9 Å². The number of carboxylic acid groups (broad SMARTS) is 1. The van der Waals surface area contributed by atoms with Crippen LogP contribution in [0.3, 0.4) is 0 Å². The van der Waals surface area contributed by atoms with Crippen LogP contribution in [0.5, 0.6) is 0 Å². The van der Waals surface area contributed by atoms with Gasteiger partial charge < -0.3 is 26.9 Å². The number of carboxylic acids is 1. The number of nitrogens with two attached hydrogens (primary N) is 2. The molecular formula is C16H20KN4O4. The molecule has 25 heavy (non-hydrogen) atoms. The van der Waals surface area contributed by atoms with Gasteiger partial charge in [0.05, 0.1) is 6.04 Å². The molecule has 0 bridgehead atoms. The number of carbonyl (C=O) groups is 3. The zero-order valence-corrected chi connectivity index (χ0v) is 17.1. The van der Waals surface area contributed by atoms with Gasteiger partial charge >= 0.3 is 5.97 Å². The van der Waals surface area contributed by atoms with E-state index in [9.17, 15) is 19.5 Å². The van der Waals surface area contributed by atoms with E-state index in [0.29, 0.717) is 0 Å². The standard InChI is InChI=1S/C16H20N4O4.K/c17-11(15(18)22)5-6-14(21)20-13(16(23)24)7-9-8-19-12-4-2-1-3-10(9)12;/h1-4,8,11,13,19H,5-7,17H2,(H2,18,22)(H,20,21)(H,23,24);/t11-,13+;/m0./s1. The van der Waals surface area contributed by atoms with Crippen LogP contribution in [0.4, 0.5) is 0 Å². The van der Waals surface area contributed by atoms with E-state index in [2.05, 4.69) is 10.3 Å². The maximum atomic E-state index is 11.9. The molecule has 0 unspecified atom stereocenters. The van der Waals surface area contributed by atoms with Crippen molar-refractivity contribution in [2.24, 2.45) is 11.5 Å². The van der Waals surface area contributed by atoms with Gasteiger partial charge in [0, 0.05) is 81.3 Å². The number of amides is 2. The summed E-state index contributed by atoms with van der Waals surface area (Å²) in [5.74, 6) is -2.32. The fourth-order valence-electron chi connectivity index (χ4n) is 2.42. The Bertz CT molecular complexity index is 761. The largest absolute Gasteiger partial charge is 0.480 e. The minimum atomic E-state index is -1.13. The maximum Gasteiger partial charge on any atom is 0.326 e. The van der Waals surface area contributed by atoms with Gasteiger partial charge in [-0.25, -0.2) is 4.79 Å². The van der Waals surface area contributed by atoms with Crippen LogP contribution in [0.2, 0.25) is 0 Å². The van der Waals surface area contributed by atoms with E-state index in [0.717, 1.165) is 16.5 Å². The summed E-state index contributed by atoms with van der Waals surface area (Å²) in [7, 11) is 0. The summed E-state index contributed by atoms with van der Waals surface area (Å²) in [5.41, 5.74) is 12.2. The molecule has 9 heteroatoms. The van der Waals surface area contributed by atoms with E-state index in [1.54, 1.807) is 6.20 Å². The van der Waals surface area contributed by atoms with Crippen molar-refractivity contribution in [3.05, 3.63) is 36.0 Å². The average molecular weight is 371 g/mol. The summed E-state index contributed by atoms with van der Waals surface area (Å²) in [6.45, 7) is 0. The summed E-state index contributed by atoms with van der Waals surface area (Å²) >= 11 is 0. The van der Waals surface area contributed by atoms with Crippen LogP contribution >= 0.6 is 0 Å². The molecule has 129 valence electrons. The number of hydrogen-bond acceptors (Lipinski definition) is 4. The second-order valence-electron chi connectivity index (χ2n) is 5.57. The number of nitrogens with one attached hydrogen (secondary N) is 2. The molecule has 0 aliphatic rings. The van der Waals surface area contributed by atoms with Crippen molar-refractivity contribution in [1.29, 1.82) is 0 Å². The van der Waals surface area contributed by atoms with Crippen molar-refractivity contribution in [2.45, 2.75) is 31.3 Å². The smallest absolute Gasteiger partial charge is 0.326 e. The SMILES string of the molecule is NC(=O)[C@@H](N)CCC(=O)N[C@H](Cc1c[nH]c2ccccc12)C(=O)O.[K]. The molecule has 0 spiro atoms. The third kappa shape index (κ3) is 6.21. The number of benzene rings is 1. The van der Waals surface area contributed by atoms with Gasteiger partial charge in [0.2, 0.25) is 11.8 Å². The zero-order valence-electron chi connectivity index (χ0n) is 14.0. The number of H-pyrrole nitrogens is 1. The van der Waals surface area contributed by atoms with Gasteiger partial charge in [-0.1, -0.05) is 18.2 Å². The second kappa shape index (κ2) is 10.0. The maximum absolute atomic E-state index is 11.9. The summed E-state index contributed by atoms with van der Waals surface area (Å²) < 4.78 is 0. The number of primary amides is 1. The minimum absolute atomic E-state index is 0. The number of aromatic amines is 1. The van der Waals surface area contributed by atoms with Crippen LogP contribution in [0.25, 0.3) is 10.9 Å². The van der Waals surface area contributed by atoms with Crippen LogP contribution in [0, 0.1) is 0 Å². The Morgan fingerprint density at radius 3 is 2.56 bits per heavy atom. The van der Waals surface area contributed by atoms with Crippen LogP contribution in [0.1, 0.15) is 18.4 Å². The molecule has 2 aromatic rings. The third-order valence-electron chi connectivity index (χ3n) is 3.78. The van der Waals surface area contributed by atoms with Gasteiger partial charge in [-0.2, -0.15) is 0 Å². The van der Waals surface area contributed by atoms with Gasteiger partial charge in [-0.3, -0.25) is 9.59 Å². The van der Waals surface area contributed by atoms with Crippen LogP contribution in [0.15, 0.2) is 30.5 Å². The molecular weight excluding hydrogens is 351 g/mol. The first kappa shape index (κ1) is 21.8. The van der Waals surface area contributed by atoms with E-state index in [1.807, 2.05) is 24.3 Å². The molecule has 0 aliphatic heterocycles. The molecule has 1 heterocycles. The molecule has 1 aromatic carbocycles. The van der Waals surface area contributed by atoms with Gasteiger partial charge in [-0.15, -0.1) is 0 Å². The molecule has 7 N–H and O–H groups in total. The summed E-state index contributed by atoms with van der Waals surface area (Å²) in [6, 6.07) is 5.51. The number of fused-ring (bicyclic) bond motifs is 1. The van der Waals surface area contributed by atoms with E-state index >= 15 is 0 Å². The Balaban J connectivity index is 0.00000312. The normalized spacial score (nSPS) is 12.8. The fraction of sp³-hybridized carbons (Fsp3) is 0.312. The predicted molar refractivity (Wildman–Crippen MR) is 93.7 cm³/mol. The van der Waals surface area contributed by atoms with E-state index in [-0.39, 0.29) is 70.6 Å². The van der Waals surface area contributed by atoms with Crippen molar-refractivity contribution in [3.8, 4) is 0 Å². The fourth-order valence-corrected chi connectivity index (χ4v) is 2.42. The molecule has 2 atom stereocenters. The van der Waals surface area contributed by atoms with E-state index in [1.165, 1.54) is 0 Å². The second-order valence-corrected chi connectivity index (χ2v) is 5.57. The first-order valence-corrected chi connectivity index (χ1v) is 7.50. The third-order valence-corrected chi connectivity index (χ3v) is 3.78. The monoisotopic (exact) mass is 371 g/mol. The number of rotatable bonds is 8. The number of para-hydroxylation sites is 1. The number of aliphatic carboxylic acids is 1. The molecule has 0 saturated carbocycles. The Hall–Kier alpha value is -1.23. The Morgan fingerprint density at radius 2 is 1.92 bits per heavy atom. The Morgan fingerprint density at radius 1 is 1.24 bits per heavy atom. The quantitative estimate of drug-likeness (QED) is 0.396. The number of hydrogen-bond donors (Lipinski definition) is 5. The van der Waals surface area contributed by atoms with Crippen LogP contribution in [-0.4, -0.2) is 91.3 Å². The minimum Gasteiger partial charge on any atom is -0.480 e. The van der Waals surface area contributed by atoms with Crippen molar-refractivity contribution in [3.63, 3.8) is 0 Å². The van der Waals surface area contributed by atoms with Gasteiger partial charge in [0.25, 0.3) is 0 Å². The van der Waals surface area contributed by atoms with Crippen LogP contribution < -0.4 is 16.8 Å². The summed E-state index contributed by atoms with van der Waals surface area (Å²) in [5, 5.41) is 12.7. The molecule has 2 amide bonds. The predicted octanol–water partition coefficient (Wildman–Crippen LogP) is -0.508. The molecule has 0 saturated heterocycles. The van der Waals surface area contributed by atoms with Gasteiger partial charge in [0.1, 0.15) is 6.04 Å². The molecule has 0 fully saturated rings. The van der Waals surface area contributed by atoms with Crippen molar-refractivity contribution in [2.75, 3.05) is 0 Å². The van der Waals surface area contributed by atoms with E-state index in [4.69, 9.17) is 11.5 Å². The Kier molecular flexibility index (Phi) is 8.76. The molecule has 8 nitrogen and oxygen atoms in total.